The standard InChI is InChI=1S/C10H22N2O2/c1-3-9(2)10(13)12-6-4-7-14-8-5-11/h9H,3-8,11H2,1-2H3,(H,12,13). The second-order valence-electron chi connectivity index (χ2n) is 3.35. The van der Waals surface area contributed by atoms with Gasteiger partial charge in [0.1, 0.15) is 0 Å². The van der Waals surface area contributed by atoms with Gasteiger partial charge in [0.05, 0.1) is 6.61 Å². The van der Waals surface area contributed by atoms with Gasteiger partial charge in [0.2, 0.25) is 5.91 Å². The molecule has 1 atom stereocenters. The van der Waals surface area contributed by atoms with Gasteiger partial charge in [-0.25, -0.2) is 0 Å². The monoisotopic (exact) mass is 202 g/mol. The van der Waals surface area contributed by atoms with E-state index in [-0.39, 0.29) is 11.8 Å². The summed E-state index contributed by atoms with van der Waals surface area (Å²) >= 11 is 0. The number of nitrogens with two attached hydrogens (primary N) is 1. The average Bonchev–Trinajstić information content (AvgIpc) is 2.21. The topological polar surface area (TPSA) is 64.3 Å². The Morgan fingerprint density at radius 2 is 2.21 bits per heavy atom. The zero-order chi connectivity index (χ0) is 10.8. The number of ether oxygens (including phenoxy) is 1. The molecule has 3 N–H and O–H groups in total. The van der Waals surface area contributed by atoms with Gasteiger partial charge in [-0.15, -0.1) is 0 Å². The highest BCUT2D eigenvalue weighted by molar-refractivity contribution is 5.78. The molecule has 0 aromatic heterocycles. The van der Waals surface area contributed by atoms with Crippen LogP contribution >= 0.6 is 0 Å². The lowest BCUT2D eigenvalue weighted by atomic mass is 10.1. The summed E-state index contributed by atoms with van der Waals surface area (Å²) in [4.78, 5) is 11.3. The van der Waals surface area contributed by atoms with Crippen molar-refractivity contribution in [2.24, 2.45) is 11.7 Å². The molecule has 4 heteroatoms. The van der Waals surface area contributed by atoms with Crippen LogP contribution in [-0.2, 0) is 9.53 Å². The van der Waals surface area contributed by atoms with Gasteiger partial charge in [-0.2, -0.15) is 0 Å². The van der Waals surface area contributed by atoms with Crippen molar-refractivity contribution >= 4 is 5.91 Å². The van der Waals surface area contributed by atoms with Crippen LogP contribution in [0, 0.1) is 5.92 Å². The smallest absolute Gasteiger partial charge is 0.222 e. The maximum Gasteiger partial charge on any atom is 0.222 e. The minimum Gasteiger partial charge on any atom is -0.380 e. The summed E-state index contributed by atoms with van der Waals surface area (Å²) in [5, 5.41) is 2.86. The molecule has 0 bridgehead atoms. The van der Waals surface area contributed by atoms with Crippen LogP contribution < -0.4 is 11.1 Å². The van der Waals surface area contributed by atoms with E-state index in [4.69, 9.17) is 10.5 Å². The molecular weight excluding hydrogens is 180 g/mol. The second-order valence-corrected chi connectivity index (χ2v) is 3.35. The van der Waals surface area contributed by atoms with Crippen molar-refractivity contribution in [1.29, 1.82) is 0 Å². The van der Waals surface area contributed by atoms with Crippen molar-refractivity contribution in [2.45, 2.75) is 26.7 Å². The van der Waals surface area contributed by atoms with Crippen LogP contribution in [0.1, 0.15) is 26.7 Å². The van der Waals surface area contributed by atoms with Crippen molar-refractivity contribution in [3.05, 3.63) is 0 Å². The van der Waals surface area contributed by atoms with E-state index in [1.165, 1.54) is 0 Å². The van der Waals surface area contributed by atoms with Gasteiger partial charge < -0.3 is 15.8 Å². The summed E-state index contributed by atoms with van der Waals surface area (Å²) in [5.74, 6) is 0.242. The molecule has 0 radical (unpaired) electrons. The normalized spacial score (nSPS) is 12.5. The van der Waals surface area contributed by atoms with Gasteiger partial charge in [-0.3, -0.25) is 4.79 Å². The van der Waals surface area contributed by atoms with E-state index in [9.17, 15) is 4.79 Å². The summed E-state index contributed by atoms with van der Waals surface area (Å²) in [5.41, 5.74) is 5.25. The van der Waals surface area contributed by atoms with Crippen LogP contribution in [0.2, 0.25) is 0 Å². The third-order valence-corrected chi connectivity index (χ3v) is 2.09. The van der Waals surface area contributed by atoms with Crippen molar-refractivity contribution in [2.75, 3.05) is 26.3 Å². The minimum atomic E-state index is 0.111. The first kappa shape index (κ1) is 13.4. The zero-order valence-electron chi connectivity index (χ0n) is 9.21. The predicted octanol–water partition coefficient (Wildman–Crippen LogP) is 0.514. The zero-order valence-corrected chi connectivity index (χ0v) is 9.21. The molecule has 0 fully saturated rings. The Hall–Kier alpha value is -0.610. The molecule has 0 rings (SSSR count). The Morgan fingerprint density at radius 3 is 2.79 bits per heavy atom. The van der Waals surface area contributed by atoms with Crippen LogP contribution in [0.4, 0.5) is 0 Å². The Labute approximate surface area is 86.2 Å². The maximum atomic E-state index is 11.3. The van der Waals surface area contributed by atoms with Gasteiger partial charge in [0, 0.05) is 25.6 Å². The highest BCUT2D eigenvalue weighted by Gasteiger charge is 2.08. The molecule has 0 saturated heterocycles. The first-order valence-corrected chi connectivity index (χ1v) is 5.27. The maximum absolute atomic E-state index is 11.3. The van der Waals surface area contributed by atoms with Crippen LogP contribution in [0.25, 0.3) is 0 Å². The lowest BCUT2D eigenvalue weighted by Crippen LogP contribution is -2.30. The Kier molecular flexibility index (Phi) is 8.57. The molecule has 0 aliphatic heterocycles. The summed E-state index contributed by atoms with van der Waals surface area (Å²) in [6.07, 6.45) is 1.73. The third-order valence-electron chi connectivity index (χ3n) is 2.09. The molecule has 0 spiro atoms. The molecule has 0 aliphatic rings. The molecule has 1 unspecified atom stereocenters. The van der Waals surface area contributed by atoms with E-state index >= 15 is 0 Å². The molecule has 4 nitrogen and oxygen atoms in total. The van der Waals surface area contributed by atoms with Crippen LogP contribution in [0.5, 0.6) is 0 Å². The van der Waals surface area contributed by atoms with Crippen molar-refractivity contribution in [3.8, 4) is 0 Å². The van der Waals surface area contributed by atoms with E-state index in [0.29, 0.717) is 26.3 Å². The largest absolute Gasteiger partial charge is 0.380 e. The highest BCUT2D eigenvalue weighted by atomic mass is 16.5. The van der Waals surface area contributed by atoms with Gasteiger partial charge >= 0.3 is 0 Å². The summed E-state index contributed by atoms with van der Waals surface area (Å²) in [7, 11) is 0. The Bertz CT molecular complexity index is 151. The molecule has 0 aliphatic carbocycles. The molecule has 84 valence electrons. The second kappa shape index (κ2) is 8.97. The first-order valence-electron chi connectivity index (χ1n) is 5.27. The molecule has 1 amide bonds. The number of hydrogen-bond acceptors (Lipinski definition) is 3. The van der Waals surface area contributed by atoms with E-state index in [0.717, 1.165) is 12.8 Å². The minimum absolute atomic E-state index is 0.111. The highest BCUT2D eigenvalue weighted by Crippen LogP contribution is 1.99. The number of carbonyl (C=O) groups is 1. The van der Waals surface area contributed by atoms with E-state index in [1.807, 2.05) is 13.8 Å². The summed E-state index contributed by atoms with van der Waals surface area (Å²) in [6.45, 7) is 6.44. The lowest BCUT2D eigenvalue weighted by Gasteiger charge is -2.09. The fourth-order valence-electron chi connectivity index (χ4n) is 0.931. The Balaban J connectivity index is 3.23. The number of amides is 1. The van der Waals surface area contributed by atoms with Gasteiger partial charge in [0.25, 0.3) is 0 Å². The molecule has 0 aromatic rings. The van der Waals surface area contributed by atoms with Crippen LogP contribution in [0.3, 0.4) is 0 Å². The first-order chi connectivity index (χ1) is 6.72. The third kappa shape index (κ3) is 6.86. The van der Waals surface area contributed by atoms with Gasteiger partial charge in [0.15, 0.2) is 0 Å². The molecule has 14 heavy (non-hydrogen) atoms. The molecule has 0 heterocycles. The number of hydrogen-bond donors (Lipinski definition) is 2. The van der Waals surface area contributed by atoms with Gasteiger partial charge in [-0.05, 0) is 12.8 Å². The van der Waals surface area contributed by atoms with Crippen molar-refractivity contribution < 1.29 is 9.53 Å². The number of nitrogens with one attached hydrogen (secondary N) is 1. The SMILES string of the molecule is CCC(C)C(=O)NCCCOCCN. The summed E-state index contributed by atoms with van der Waals surface area (Å²) in [6, 6.07) is 0. The fraction of sp³-hybridized carbons (Fsp3) is 0.900. The summed E-state index contributed by atoms with van der Waals surface area (Å²) < 4.78 is 5.18. The van der Waals surface area contributed by atoms with E-state index < -0.39 is 0 Å². The molecular formula is C10H22N2O2. The quantitative estimate of drug-likeness (QED) is 0.564. The Morgan fingerprint density at radius 1 is 1.50 bits per heavy atom. The molecule has 0 saturated carbocycles. The number of rotatable bonds is 8. The number of carbonyl (C=O) groups excluding carboxylic acids is 1. The van der Waals surface area contributed by atoms with Crippen molar-refractivity contribution in [3.63, 3.8) is 0 Å². The fourth-order valence-corrected chi connectivity index (χ4v) is 0.931. The average molecular weight is 202 g/mol. The predicted molar refractivity (Wildman–Crippen MR) is 57.0 cm³/mol. The van der Waals surface area contributed by atoms with E-state index in [1.54, 1.807) is 0 Å². The van der Waals surface area contributed by atoms with Crippen LogP contribution in [-0.4, -0.2) is 32.2 Å². The van der Waals surface area contributed by atoms with Crippen LogP contribution in [0.15, 0.2) is 0 Å². The lowest BCUT2D eigenvalue weighted by molar-refractivity contribution is -0.124. The van der Waals surface area contributed by atoms with Gasteiger partial charge in [-0.1, -0.05) is 13.8 Å². The van der Waals surface area contributed by atoms with E-state index in [2.05, 4.69) is 5.32 Å². The van der Waals surface area contributed by atoms with Crippen molar-refractivity contribution in [1.82, 2.24) is 5.32 Å². The molecule has 0 aromatic carbocycles.